The smallest absolute Gasteiger partial charge is 0.693 e. The van der Waals surface area contributed by atoms with E-state index in [-0.39, 0.29) is 30.8 Å². The summed E-state index contributed by atoms with van der Waals surface area (Å²) in [6.07, 6.45) is 0. The molecule has 55 valence electrons. The molecule has 7 heteroatoms. The van der Waals surface area contributed by atoms with Crippen molar-refractivity contribution in [1.29, 1.82) is 0 Å². The molecule has 0 aliphatic carbocycles. The Balaban J connectivity index is -0.000000000500. The summed E-state index contributed by atoms with van der Waals surface area (Å²) in [5.41, 5.74) is 0. The summed E-state index contributed by atoms with van der Waals surface area (Å²) in [7, 11) is 4.33. The minimum Gasteiger partial charge on any atom is -0.693 e. The van der Waals surface area contributed by atoms with Crippen molar-refractivity contribution in [3.63, 3.8) is 0 Å². The summed E-state index contributed by atoms with van der Waals surface area (Å²) in [4.78, 5) is 0. The van der Waals surface area contributed by atoms with Crippen LogP contribution >= 0.6 is 10.1 Å². The molecule has 0 aliphatic heterocycles. The third-order valence-corrected chi connectivity index (χ3v) is 0. The molecule has 0 rings (SSSR count). The first-order valence-electron chi connectivity index (χ1n) is 0.126. The first kappa shape index (κ1) is 130. The molecule has 0 aliphatic rings. The van der Waals surface area contributed by atoms with Gasteiger partial charge in [0, 0.05) is 0 Å². The predicted molar refractivity (Wildman–Crippen MR) is 31.2 cm³/mol. The molecule has 0 fully saturated rings. The van der Waals surface area contributed by atoms with Crippen molar-refractivity contribution in [1.82, 2.24) is 24.6 Å². The van der Waals surface area contributed by atoms with Crippen molar-refractivity contribution < 1.29 is 14.8 Å². The summed E-state index contributed by atoms with van der Waals surface area (Å²) in [5, 5.41) is 0. The summed E-state index contributed by atoms with van der Waals surface area (Å²) in [6, 6.07) is 0. The molecule has 0 heterocycles. The van der Waals surface area contributed by atoms with Crippen LogP contribution in [0.2, 0.25) is 0 Å². The van der Waals surface area contributed by atoms with Crippen molar-refractivity contribution in [3.8, 4) is 0 Å². The van der Waals surface area contributed by atoms with Crippen LogP contribution in [-0.4, -0.2) is 0 Å². The second kappa shape index (κ2) is 581. The summed E-state index contributed by atoms with van der Waals surface area (Å²) in [6.45, 7) is 0. The third-order valence-electron chi connectivity index (χ3n) is 0. The van der Waals surface area contributed by atoms with Gasteiger partial charge in [0.1, 0.15) is 0 Å². The van der Waals surface area contributed by atoms with Gasteiger partial charge in [0.2, 0.25) is 0 Å². The van der Waals surface area contributed by atoms with E-state index in [1.54, 1.807) is 0 Å². The van der Waals surface area contributed by atoms with Crippen LogP contribution in [0.4, 0.5) is 0 Å². The maximum atomic E-state index is 4.33. The van der Waals surface area contributed by atoms with E-state index in [9.17, 15) is 0 Å². The molecular formula is H14ClCoN5. The SMILES string of the molecule is N.N.N.N.[Cl][Co+].[NH2-]. The molecule has 0 saturated heterocycles. The van der Waals surface area contributed by atoms with Gasteiger partial charge in [0.05, 0.1) is 0 Å². The van der Waals surface area contributed by atoms with Gasteiger partial charge in [-0.2, -0.15) is 0 Å². The molecule has 0 aromatic heterocycles. The van der Waals surface area contributed by atoms with Crippen LogP contribution in [-0.2, 0) is 14.8 Å². The van der Waals surface area contributed by atoms with E-state index in [0.717, 1.165) is 0 Å². The molecule has 0 radical (unpaired) electrons. The van der Waals surface area contributed by atoms with Crippen molar-refractivity contribution >= 4 is 10.1 Å². The van der Waals surface area contributed by atoms with Crippen LogP contribution in [0, 0.1) is 0 Å². The minimum absolute atomic E-state index is 0. The number of halogens is 1. The van der Waals surface area contributed by atoms with Crippen LogP contribution in [0.3, 0.4) is 0 Å². The van der Waals surface area contributed by atoms with E-state index in [1.165, 1.54) is 0 Å². The number of hydrogen-bond donors (Lipinski definition) is 4. The molecule has 0 saturated carbocycles. The minimum atomic E-state index is 0. The molecule has 0 atom stereocenters. The molecule has 0 bridgehead atoms. The van der Waals surface area contributed by atoms with Gasteiger partial charge in [0.15, 0.2) is 0 Å². The average molecular weight is 179 g/mol. The second-order valence-electron chi connectivity index (χ2n) is 0. The third kappa shape index (κ3) is 392. The quantitative estimate of drug-likeness (QED) is 0.444. The van der Waals surface area contributed by atoms with Gasteiger partial charge >= 0.3 is 25.0 Å². The average Bonchev–Trinajstić information content (AvgIpc) is 1.00. The monoisotopic (exact) mass is 178 g/mol. The fourth-order valence-corrected chi connectivity index (χ4v) is 0. The molecule has 0 unspecified atom stereocenters. The first-order valence-corrected chi connectivity index (χ1v) is 1.56. The predicted octanol–water partition coefficient (Wildman–Crippen LogP) is 2.05. The number of nitrogens with two attached hydrogens (primary N) is 1. The maximum Gasteiger partial charge on any atom is -0.693 e. The van der Waals surface area contributed by atoms with Crippen molar-refractivity contribution in [2.24, 2.45) is 0 Å². The number of rotatable bonds is 0. The van der Waals surface area contributed by atoms with Gasteiger partial charge < -0.3 is 30.8 Å². The standard InChI is InChI=1S/ClH.Co.4H3N.H2N/h1H;;4*1H3;1H2/q;+2;;;;;-1/p-1. The molecule has 0 spiro atoms. The zero-order valence-electron chi connectivity index (χ0n) is 4.12. The van der Waals surface area contributed by atoms with Crippen LogP contribution in [0.1, 0.15) is 0 Å². The van der Waals surface area contributed by atoms with E-state index in [0.29, 0.717) is 0 Å². The fourth-order valence-electron chi connectivity index (χ4n) is 0. The molecule has 7 heavy (non-hydrogen) atoms. The number of hydrogen-bond acceptors (Lipinski definition) is 4. The Kier molecular flexibility index (Phi) is 10800. The van der Waals surface area contributed by atoms with E-state index < -0.39 is 0 Å². The molecular weight excluding hydrogens is 164 g/mol. The van der Waals surface area contributed by atoms with Crippen molar-refractivity contribution in [2.75, 3.05) is 0 Å². The normalized spacial score (nSPS) is 0.857. The van der Waals surface area contributed by atoms with E-state index >= 15 is 0 Å². The van der Waals surface area contributed by atoms with Gasteiger partial charge in [0.25, 0.3) is 0 Å². The Labute approximate surface area is 56.3 Å². The first-order chi connectivity index (χ1) is 1.00. The largest absolute Gasteiger partial charge is 0.693 e. The second-order valence-corrected chi connectivity index (χ2v) is 0. The Morgan fingerprint density at radius 3 is 0.714 bits per heavy atom. The Morgan fingerprint density at radius 2 is 0.714 bits per heavy atom. The van der Waals surface area contributed by atoms with Crippen LogP contribution in [0.25, 0.3) is 6.15 Å². The van der Waals surface area contributed by atoms with E-state index in [4.69, 9.17) is 0 Å². The van der Waals surface area contributed by atoms with Gasteiger partial charge in [-0.15, -0.1) is 0 Å². The fraction of sp³-hybridized carbons (Fsp3) is 0. The van der Waals surface area contributed by atoms with Crippen LogP contribution in [0.5, 0.6) is 0 Å². The topological polar surface area (TPSA) is 174 Å². The van der Waals surface area contributed by atoms with E-state index in [1.807, 2.05) is 0 Å². The van der Waals surface area contributed by atoms with Crippen molar-refractivity contribution in [3.05, 3.63) is 6.15 Å². The van der Waals surface area contributed by atoms with Gasteiger partial charge in [-0.1, -0.05) is 0 Å². The summed E-state index contributed by atoms with van der Waals surface area (Å²) >= 11 is 3.03. The zero-order valence-corrected chi connectivity index (χ0v) is 5.91. The van der Waals surface area contributed by atoms with Crippen LogP contribution in [0.15, 0.2) is 0 Å². The zero-order chi connectivity index (χ0) is 2.00. The maximum absolute atomic E-state index is 4.33. The Bertz CT molecular complexity index is 8.04. The Hall–Kier alpha value is 0.596. The van der Waals surface area contributed by atoms with Gasteiger partial charge in [-0.25, -0.2) is 0 Å². The van der Waals surface area contributed by atoms with Gasteiger partial charge in [-0.3, -0.25) is 0 Å². The molecule has 14 N–H and O–H groups in total. The molecule has 0 amide bonds. The molecule has 0 aromatic carbocycles. The Morgan fingerprint density at radius 1 is 0.714 bits per heavy atom. The van der Waals surface area contributed by atoms with Crippen LogP contribution < -0.4 is 24.6 Å². The van der Waals surface area contributed by atoms with Crippen molar-refractivity contribution in [2.45, 2.75) is 0 Å². The molecule has 0 aromatic rings. The van der Waals surface area contributed by atoms with E-state index in [2.05, 4.69) is 25.0 Å². The molecule has 5 nitrogen and oxygen atoms in total. The summed E-state index contributed by atoms with van der Waals surface area (Å²) < 4.78 is 0. The summed E-state index contributed by atoms with van der Waals surface area (Å²) in [5.74, 6) is 0. The van der Waals surface area contributed by atoms with Gasteiger partial charge in [-0.05, 0) is 0 Å².